The third-order valence-electron chi connectivity index (χ3n) is 1.92. The average Bonchev–Trinajstić information content (AvgIpc) is 1.94. The summed E-state index contributed by atoms with van der Waals surface area (Å²) in [5.41, 5.74) is 4.75. The number of amides is 3. The second-order valence-corrected chi connectivity index (χ2v) is 3.16. The van der Waals surface area contributed by atoms with Crippen LogP contribution in [0.4, 0.5) is 4.79 Å². The van der Waals surface area contributed by atoms with Crippen LogP contribution in [0.5, 0.6) is 0 Å². The van der Waals surface area contributed by atoms with Gasteiger partial charge in [0.1, 0.15) is 0 Å². The van der Waals surface area contributed by atoms with Crippen molar-refractivity contribution in [2.45, 2.75) is 0 Å². The molecule has 0 aromatic rings. The van der Waals surface area contributed by atoms with Crippen molar-refractivity contribution in [2.24, 2.45) is 11.7 Å². The maximum absolute atomic E-state index is 10.9. The molecule has 0 bridgehead atoms. The van der Waals surface area contributed by atoms with Gasteiger partial charge >= 0.3 is 6.03 Å². The predicted molar refractivity (Wildman–Crippen MR) is 44.7 cm³/mol. The minimum Gasteiger partial charge on any atom is -0.396 e. The normalized spacial score (nSPS) is 17.9. The van der Waals surface area contributed by atoms with Crippen LogP contribution in [0.2, 0.25) is 0 Å². The molecule has 1 rings (SSSR count). The number of imide groups is 1. The van der Waals surface area contributed by atoms with E-state index < -0.39 is 11.9 Å². The Morgan fingerprint density at radius 3 is 2.62 bits per heavy atom. The Morgan fingerprint density at radius 1 is 1.54 bits per heavy atom. The van der Waals surface area contributed by atoms with Crippen molar-refractivity contribution in [1.82, 2.24) is 10.2 Å². The molecule has 0 aromatic heterocycles. The summed E-state index contributed by atoms with van der Waals surface area (Å²) in [6, 6.07) is -0.829. The van der Waals surface area contributed by atoms with Crippen LogP contribution in [0, 0.1) is 5.92 Å². The number of rotatable bonds is 3. The lowest BCUT2D eigenvalue weighted by molar-refractivity contribution is -0.123. The number of carbonyl (C=O) groups excluding carboxylic acids is 2. The SMILES string of the molecule is NC(=O)NC(=O)CN1CC(CO)C1. The number of aliphatic hydroxyl groups excluding tert-OH is 1. The average molecular weight is 187 g/mol. The van der Waals surface area contributed by atoms with E-state index in [9.17, 15) is 9.59 Å². The molecule has 1 fully saturated rings. The zero-order valence-electron chi connectivity index (χ0n) is 7.19. The number of likely N-dealkylation sites (tertiary alicyclic amines) is 1. The molecule has 1 aliphatic rings. The van der Waals surface area contributed by atoms with Gasteiger partial charge in [-0.05, 0) is 0 Å². The van der Waals surface area contributed by atoms with Crippen molar-refractivity contribution in [3.05, 3.63) is 0 Å². The zero-order valence-corrected chi connectivity index (χ0v) is 7.19. The van der Waals surface area contributed by atoms with Gasteiger partial charge in [-0.2, -0.15) is 0 Å². The van der Waals surface area contributed by atoms with Crippen LogP contribution < -0.4 is 11.1 Å². The molecule has 0 aliphatic carbocycles. The molecule has 74 valence electrons. The molecular weight excluding hydrogens is 174 g/mol. The Labute approximate surface area is 75.7 Å². The van der Waals surface area contributed by atoms with Crippen molar-refractivity contribution in [3.63, 3.8) is 0 Å². The van der Waals surface area contributed by atoms with Crippen molar-refractivity contribution < 1.29 is 14.7 Å². The summed E-state index contributed by atoms with van der Waals surface area (Å²) in [5, 5.41) is 10.7. The predicted octanol–water partition coefficient (Wildman–Crippen LogP) is -1.89. The van der Waals surface area contributed by atoms with E-state index in [0.717, 1.165) is 0 Å². The Balaban J connectivity index is 2.13. The van der Waals surface area contributed by atoms with Crippen LogP contribution in [0.3, 0.4) is 0 Å². The van der Waals surface area contributed by atoms with Gasteiger partial charge in [0.05, 0.1) is 6.54 Å². The van der Waals surface area contributed by atoms with Gasteiger partial charge < -0.3 is 10.8 Å². The summed E-state index contributed by atoms with van der Waals surface area (Å²) < 4.78 is 0. The van der Waals surface area contributed by atoms with Gasteiger partial charge in [0.2, 0.25) is 5.91 Å². The van der Waals surface area contributed by atoms with Gasteiger partial charge in [-0.1, -0.05) is 0 Å². The molecule has 1 saturated heterocycles. The first-order chi connectivity index (χ1) is 6.11. The Bertz CT molecular complexity index is 213. The number of primary amides is 1. The van der Waals surface area contributed by atoms with E-state index in [0.29, 0.717) is 13.1 Å². The fourth-order valence-electron chi connectivity index (χ4n) is 1.30. The molecule has 0 aromatic carbocycles. The summed E-state index contributed by atoms with van der Waals surface area (Å²) in [7, 11) is 0. The topological polar surface area (TPSA) is 95.7 Å². The van der Waals surface area contributed by atoms with E-state index in [2.05, 4.69) is 0 Å². The highest BCUT2D eigenvalue weighted by molar-refractivity contribution is 5.94. The summed E-state index contributed by atoms with van der Waals surface area (Å²) >= 11 is 0. The van der Waals surface area contributed by atoms with E-state index in [1.165, 1.54) is 0 Å². The van der Waals surface area contributed by atoms with Crippen molar-refractivity contribution in [3.8, 4) is 0 Å². The first-order valence-electron chi connectivity index (χ1n) is 4.04. The number of hydrogen-bond donors (Lipinski definition) is 3. The van der Waals surface area contributed by atoms with E-state index in [-0.39, 0.29) is 19.1 Å². The molecule has 0 atom stereocenters. The highest BCUT2D eigenvalue weighted by Gasteiger charge is 2.27. The molecule has 0 radical (unpaired) electrons. The maximum Gasteiger partial charge on any atom is 0.318 e. The standard InChI is InChI=1S/C7H13N3O3/c8-7(13)9-6(12)3-10-1-5(2-10)4-11/h5,11H,1-4H2,(H3,8,9,12,13). The Kier molecular flexibility index (Phi) is 3.21. The molecule has 6 nitrogen and oxygen atoms in total. The molecule has 13 heavy (non-hydrogen) atoms. The highest BCUT2D eigenvalue weighted by atomic mass is 16.3. The lowest BCUT2D eigenvalue weighted by atomic mass is 10.0. The molecular formula is C7H13N3O3. The first kappa shape index (κ1) is 9.94. The fraction of sp³-hybridized carbons (Fsp3) is 0.714. The van der Waals surface area contributed by atoms with E-state index >= 15 is 0 Å². The van der Waals surface area contributed by atoms with Gasteiger partial charge in [0.15, 0.2) is 0 Å². The lowest BCUT2D eigenvalue weighted by Gasteiger charge is -2.37. The van der Waals surface area contributed by atoms with Crippen molar-refractivity contribution in [2.75, 3.05) is 26.2 Å². The van der Waals surface area contributed by atoms with Crippen LogP contribution in [0.25, 0.3) is 0 Å². The number of nitrogens with two attached hydrogens (primary N) is 1. The number of hydrogen-bond acceptors (Lipinski definition) is 4. The molecule has 0 spiro atoms. The van der Waals surface area contributed by atoms with E-state index in [4.69, 9.17) is 10.8 Å². The number of urea groups is 1. The maximum atomic E-state index is 10.9. The first-order valence-corrected chi connectivity index (χ1v) is 4.04. The van der Waals surface area contributed by atoms with Gasteiger partial charge in [-0.25, -0.2) is 4.79 Å². The molecule has 6 heteroatoms. The molecule has 0 saturated carbocycles. The number of aliphatic hydroxyl groups is 1. The number of carbonyl (C=O) groups is 2. The highest BCUT2D eigenvalue weighted by Crippen LogP contribution is 2.12. The summed E-state index contributed by atoms with van der Waals surface area (Å²) in [6.07, 6.45) is 0. The monoisotopic (exact) mass is 187 g/mol. The van der Waals surface area contributed by atoms with Crippen LogP contribution >= 0.6 is 0 Å². The van der Waals surface area contributed by atoms with Gasteiger partial charge in [0.25, 0.3) is 0 Å². The van der Waals surface area contributed by atoms with E-state index in [1.54, 1.807) is 0 Å². The van der Waals surface area contributed by atoms with Crippen LogP contribution in [0.1, 0.15) is 0 Å². The summed E-state index contributed by atoms with van der Waals surface area (Å²) in [4.78, 5) is 23.0. The number of nitrogens with one attached hydrogen (secondary N) is 1. The van der Waals surface area contributed by atoms with Gasteiger partial charge in [-0.3, -0.25) is 15.0 Å². The van der Waals surface area contributed by atoms with Gasteiger partial charge in [-0.15, -0.1) is 0 Å². The minimum atomic E-state index is -0.829. The number of nitrogens with zero attached hydrogens (tertiary/aromatic N) is 1. The van der Waals surface area contributed by atoms with Crippen molar-refractivity contribution >= 4 is 11.9 Å². The third kappa shape index (κ3) is 3.00. The van der Waals surface area contributed by atoms with Crippen LogP contribution in [-0.2, 0) is 4.79 Å². The minimum absolute atomic E-state index is 0.147. The Hall–Kier alpha value is -1.14. The van der Waals surface area contributed by atoms with Crippen LogP contribution in [0.15, 0.2) is 0 Å². The molecule has 4 N–H and O–H groups in total. The molecule has 0 unspecified atom stereocenters. The summed E-state index contributed by atoms with van der Waals surface area (Å²) in [5.74, 6) is -0.134. The molecule has 3 amide bonds. The zero-order chi connectivity index (χ0) is 9.84. The quantitative estimate of drug-likeness (QED) is 0.481. The second-order valence-electron chi connectivity index (χ2n) is 3.16. The lowest BCUT2D eigenvalue weighted by Crippen LogP contribution is -2.53. The van der Waals surface area contributed by atoms with Crippen molar-refractivity contribution in [1.29, 1.82) is 0 Å². The van der Waals surface area contributed by atoms with Crippen LogP contribution in [-0.4, -0.2) is 48.2 Å². The third-order valence-corrected chi connectivity index (χ3v) is 1.92. The van der Waals surface area contributed by atoms with Gasteiger partial charge in [0, 0.05) is 25.6 Å². The fourth-order valence-corrected chi connectivity index (χ4v) is 1.30. The summed E-state index contributed by atoms with van der Waals surface area (Å²) in [6.45, 7) is 1.71. The second kappa shape index (κ2) is 4.20. The largest absolute Gasteiger partial charge is 0.396 e. The molecule has 1 heterocycles. The molecule has 1 aliphatic heterocycles. The Morgan fingerprint density at radius 2 is 2.15 bits per heavy atom. The van der Waals surface area contributed by atoms with E-state index in [1.807, 2.05) is 10.2 Å². The smallest absolute Gasteiger partial charge is 0.318 e.